The number of nitrogens with one attached hydrogen (secondary N) is 4. The number of methoxy groups -OCH3 is 2. The van der Waals surface area contributed by atoms with E-state index in [0.717, 1.165) is 82.5 Å². The van der Waals surface area contributed by atoms with Gasteiger partial charge in [0.15, 0.2) is 0 Å². The summed E-state index contributed by atoms with van der Waals surface area (Å²) >= 11 is 7.18. The Balaban J connectivity index is 1.17. The predicted octanol–water partition coefficient (Wildman–Crippen LogP) is 8.01. The highest BCUT2D eigenvalue weighted by Crippen LogP contribution is 2.40. The van der Waals surface area contributed by atoms with Crippen LogP contribution in [0.15, 0.2) is 66.7 Å². The molecule has 1 atom stereocenters. The van der Waals surface area contributed by atoms with Gasteiger partial charge >= 0.3 is 5.97 Å². The SMILES string of the molecule is COc1cc(-c2cccc(-c3cccc(NCc4cc(OC)c(CN(C)C5CCC(CC(=O)O)CC5)cc4C#N)c3C=N)c2Cl)ccc1CNC[C@@H]1CCC(=O)N1. The van der Waals surface area contributed by atoms with Crippen LogP contribution in [0.1, 0.15) is 72.8 Å². The van der Waals surface area contributed by atoms with Gasteiger partial charge in [0.2, 0.25) is 5.91 Å². The first-order chi connectivity index (χ1) is 27.6. The normalized spacial score (nSPS) is 17.8. The number of hydrogen-bond acceptors (Lipinski definition) is 9. The van der Waals surface area contributed by atoms with E-state index in [-0.39, 0.29) is 24.3 Å². The lowest BCUT2D eigenvalue weighted by Gasteiger charge is -2.34. The Hall–Kier alpha value is -5.41. The molecule has 11 nitrogen and oxygen atoms in total. The Bertz CT molecular complexity index is 2140. The number of amides is 1. The first kappa shape index (κ1) is 41.2. The molecule has 1 saturated carbocycles. The van der Waals surface area contributed by atoms with Crippen molar-refractivity contribution in [2.24, 2.45) is 5.92 Å². The van der Waals surface area contributed by atoms with E-state index in [1.54, 1.807) is 14.2 Å². The van der Waals surface area contributed by atoms with E-state index in [4.69, 9.17) is 26.5 Å². The second-order valence-corrected chi connectivity index (χ2v) is 15.4. The fourth-order valence-electron chi connectivity index (χ4n) is 8.20. The molecule has 1 amide bonds. The van der Waals surface area contributed by atoms with Crippen LogP contribution in [0, 0.1) is 22.7 Å². The number of ether oxygens (including phenoxy) is 2. The molecular weight excluding hydrogens is 740 g/mol. The molecule has 0 bridgehead atoms. The number of aliphatic carboxylic acids is 1. The molecule has 4 aromatic rings. The lowest BCUT2D eigenvalue weighted by molar-refractivity contribution is -0.138. The van der Waals surface area contributed by atoms with Crippen molar-refractivity contribution in [3.8, 4) is 39.8 Å². The summed E-state index contributed by atoms with van der Waals surface area (Å²) in [5, 5.41) is 38.3. The lowest BCUT2D eigenvalue weighted by atomic mass is 9.83. The molecule has 0 unspecified atom stereocenters. The highest BCUT2D eigenvalue weighted by molar-refractivity contribution is 6.36. The van der Waals surface area contributed by atoms with Gasteiger partial charge in [-0.1, -0.05) is 54.1 Å². The third-order valence-corrected chi connectivity index (χ3v) is 11.8. The first-order valence-corrected chi connectivity index (χ1v) is 19.9. The molecule has 4 aromatic carbocycles. The van der Waals surface area contributed by atoms with Crippen LogP contribution < -0.4 is 25.4 Å². The molecule has 1 saturated heterocycles. The van der Waals surface area contributed by atoms with Crippen molar-refractivity contribution in [1.29, 1.82) is 10.7 Å². The summed E-state index contributed by atoms with van der Waals surface area (Å²) in [5.74, 6) is 1.03. The summed E-state index contributed by atoms with van der Waals surface area (Å²) in [7, 11) is 5.36. The minimum atomic E-state index is -0.731. The monoisotopic (exact) mass is 790 g/mol. The number of carbonyl (C=O) groups is 2. The van der Waals surface area contributed by atoms with Gasteiger partial charge in [-0.05, 0) is 86.0 Å². The number of carbonyl (C=O) groups excluding carboxylic acids is 1. The quantitative estimate of drug-likeness (QED) is 0.0668. The molecule has 0 spiro atoms. The number of hydrogen-bond donors (Lipinski definition) is 5. The van der Waals surface area contributed by atoms with Crippen molar-refractivity contribution in [1.82, 2.24) is 15.5 Å². The largest absolute Gasteiger partial charge is 0.496 e. The van der Waals surface area contributed by atoms with Crippen LogP contribution in [-0.4, -0.2) is 68.0 Å². The van der Waals surface area contributed by atoms with Gasteiger partial charge in [-0.15, -0.1) is 0 Å². The minimum Gasteiger partial charge on any atom is -0.496 e. The van der Waals surface area contributed by atoms with E-state index >= 15 is 0 Å². The van der Waals surface area contributed by atoms with Crippen molar-refractivity contribution >= 4 is 35.4 Å². The zero-order valence-corrected chi connectivity index (χ0v) is 33.5. The van der Waals surface area contributed by atoms with E-state index in [9.17, 15) is 20.0 Å². The van der Waals surface area contributed by atoms with Crippen LogP contribution >= 0.6 is 11.6 Å². The number of anilines is 1. The highest BCUT2D eigenvalue weighted by Gasteiger charge is 2.26. The first-order valence-electron chi connectivity index (χ1n) is 19.5. The smallest absolute Gasteiger partial charge is 0.303 e. The number of carboxylic acid groups (broad SMARTS) is 1. The fraction of sp³-hybridized carbons (Fsp3) is 0.378. The number of rotatable bonds is 17. The summed E-state index contributed by atoms with van der Waals surface area (Å²) < 4.78 is 11.6. The van der Waals surface area contributed by atoms with Gasteiger partial charge in [0, 0.05) is 90.8 Å². The summed E-state index contributed by atoms with van der Waals surface area (Å²) in [4.78, 5) is 25.0. The van der Waals surface area contributed by atoms with Gasteiger partial charge < -0.3 is 35.9 Å². The highest BCUT2D eigenvalue weighted by atomic mass is 35.5. The van der Waals surface area contributed by atoms with Crippen LogP contribution in [0.5, 0.6) is 11.5 Å². The van der Waals surface area contributed by atoms with Crippen molar-refractivity contribution in [2.45, 2.75) is 76.7 Å². The third kappa shape index (κ3) is 9.95. The van der Waals surface area contributed by atoms with Crippen LogP contribution in [-0.2, 0) is 29.2 Å². The molecule has 1 aliphatic carbocycles. The maximum absolute atomic E-state index is 11.6. The molecular formula is C45H51ClN6O5. The van der Waals surface area contributed by atoms with Gasteiger partial charge in [0.25, 0.3) is 0 Å². The number of nitriles is 1. The third-order valence-electron chi connectivity index (χ3n) is 11.3. The summed E-state index contributed by atoms with van der Waals surface area (Å²) in [6.07, 6.45) is 6.64. The van der Waals surface area contributed by atoms with Crippen molar-refractivity contribution in [3.05, 3.63) is 99.6 Å². The second-order valence-electron chi connectivity index (χ2n) is 15.0. The number of nitrogens with zero attached hydrogens (tertiary/aromatic N) is 2. The van der Waals surface area contributed by atoms with Crippen LogP contribution in [0.3, 0.4) is 0 Å². The Kier molecular flexibility index (Phi) is 13.9. The van der Waals surface area contributed by atoms with Gasteiger partial charge in [-0.3, -0.25) is 14.5 Å². The maximum atomic E-state index is 11.6. The van der Waals surface area contributed by atoms with Crippen molar-refractivity contribution in [2.75, 3.05) is 33.1 Å². The van der Waals surface area contributed by atoms with E-state index in [1.807, 2.05) is 66.7 Å². The Morgan fingerprint density at radius 2 is 1.68 bits per heavy atom. The standard InChI is InChI=1S/C45H51ClN6O5/c1-52(35-15-10-28(11-16-35)18-44(54)55)27-33-19-31(22-47)32(21-42(33)57-3)25-50-40-9-5-7-37(39(40)23-48)38-8-4-6-36(45(38)46)29-12-13-30(41(20-29)56-2)24-49-26-34-14-17-43(53)51-34/h4-9,12-13,19-21,23,28,34-35,48-50H,10-11,14-18,24-27H2,1-3H3,(H,51,53)(H,54,55)/t28?,34-,35?/m0/s1. The molecule has 6 rings (SSSR count). The Morgan fingerprint density at radius 1 is 0.965 bits per heavy atom. The van der Waals surface area contributed by atoms with E-state index in [1.165, 1.54) is 6.21 Å². The fourth-order valence-corrected chi connectivity index (χ4v) is 8.53. The Labute approximate surface area is 339 Å². The summed E-state index contributed by atoms with van der Waals surface area (Å²) in [5.41, 5.74) is 7.92. The second kappa shape index (κ2) is 19.2. The van der Waals surface area contributed by atoms with Crippen LogP contribution in [0.25, 0.3) is 22.3 Å². The Morgan fingerprint density at radius 3 is 2.37 bits per heavy atom. The topological polar surface area (TPSA) is 160 Å². The lowest BCUT2D eigenvalue weighted by Crippen LogP contribution is -2.35. The molecule has 57 heavy (non-hydrogen) atoms. The molecule has 2 aliphatic rings. The molecule has 1 heterocycles. The van der Waals surface area contributed by atoms with Gasteiger partial charge in [-0.2, -0.15) is 5.26 Å². The minimum absolute atomic E-state index is 0.0993. The van der Waals surface area contributed by atoms with Crippen molar-refractivity contribution in [3.63, 3.8) is 0 Å². The van der Waals surface area contributed by atoms with Gasteiger partial charge in [-0.25, -0.2) is 0 Å². The van der Waals surface area contributed by atoms with E-state index in [0.29, 0.717) is 60.5 Å². The van der Waals surface area contributed by atoms with Crippen LogP contribution in [0.4, 0.5) is 5.69 Å². The molecule has 5 N–H and O–H groups in total. The zero-order valence-electron chi connectivity index (χ0n) is 32.8. The molecule has 0 aromatic heterocycles. The molecule has 12 heteroatoms. The number of carboxylic acids is 1. The average Bonchev–Trinajstić information content (AvgIpc) is 3.64. The van der Waals surface area contributed by atoms with E-state index < -0.39 is 5.97 Å². The van der Waals surface area contributed by atoms with E-state index in [2.05, 4.69) is 34.0 Å². The van der Waals surface area contributed by atoms with Crippen molar-refractivity contribution < 1.29 is 24.2 Å². The number of benzene rings is 4. The summed E-state index contributed by atoms with van der Waals surface area (Å²) in [6.45, 7) is 2.22. The molecule has 2 fully saturated rings. The molecule has 1 aliphatic heterocycles. The molecule has 298 valence electrons. The predicted molar refractivity (Wildman–Crippen MR) is 224 cm³/mol. The molecule has 0 radical (unpaired) electrons. The summed E-state index contributed by atoms with van der Waals surface area (Å²) in [6, 6.07) is 24.4. The van der Waals surface area contributed by atoms with Crippen LogP contribution in [0.2, 0.25) is 5.02 Å². The average molecular weight is 791 g/mol. The number of halogens is 1. The maximum Gasteiger partial charge on any atom is 0.303 e. The van der Waals surface area contributed by atoms with Gasteiger partial charge in [0.1, 0.15) is 11.5 Å². The zero-order chi connectivity index (χ0) is 40.5. The van der Waals surface area contributed by atoms with Gasteiger partial charge in [0.05, 0.1) is 30.9 Å².